The molecule has 0 aliphatic carbocycles. The Hall–Kier alpha value is -0.500. The SMILES string of the molecule is CC(C)COCCCNS(=O)(=O)c1ccc(F)cc1Br. The average molecular weight is 368 g/mol. The fraction of sp³-hybridized carbons (Fsp3) is 0.538. The van der Waals surface area contributed by atoms with E-state index in [1.165, 1.54) is 6.07 Å². The Labute approximate surface area is 127 Å². The first-order valence-electron chi connectivity index (χ1n) is 6.35. The number of rotatable bonds is 8. The van der Waals surface area contributed by atoms with Gasteiger partial charge in [0.2, 0.25) is 10.0 Å². The smallest absolute Gasteiger partial charge is 0.241 e. The predicted molar refractivity (Wildman–Crippen MR) is 79.6 cm³/mol. The van der Waals surface area contributed by atoms with Crippen molar-refractivity contribution in [1.82, 2.24) is 4.72 Å². The van der Waals surface area contributed by atoms with Gasteiger partial charge in [-0.05, 0) is 46.5 Å². The van der Waals surface area contributed by atoms with E-state index in [-0.39, 0.29) is 15.9 Å². The lowest BCUT2D eigenvalue weighted by atomic mass is 10.2. The van der Waals surface area contributed by atoms with E-state index in [9.17, 15) is 12.8 Å². The fourth-order valence-electron chi connectivity index (χ4n) is 1.47. The molecular formula is C13H19BrFNO3S. The summed E-state index contributed by atoms with van der Waals surface area (Å²) < 4.78 is 45.0. The highest BCUT2D eigenvalue weighted by Gasteiger charge is 2.17. The molecule has 0 aromatic heterocycles. The Morgan fingerprint density at radius 3 is 2.70 bits per heavy atom. The molecule has 20 heavy (non-hydrogen) atoms. The van der Waals surface area contributed by atoms with E-state index in [0.29, 0.717) is 25.6 Å². The molecule has 0 saturated heterocycles. The van der Waals surface area contributed by atoms with Crippen LogP contribution in [0.3, 0.4) is 0 Å². The molecule has 0 spiro atoms. The topological polar surface area (TPSA) is 55.4 Å². The third-order valence-electron chi connectivity index (χ3n) is 2.39. The van der Waals surface area contributed by atoms with Crippen LogP contribution in [0.1, 0.15) is 20.3 Å². The van der Waals surface area contributed by atoms with Crippen LogP contribution >= 0.6 is 15.9 Å². The molecule has 0 radical (unpaired) electrons. The molecule has 1 N–H and O–H groups in total. The maximum absolute atomic E-state index is 12.9. The molecule has 1 rings (SSSR count). The van der Waals surface area contributed by atoms with Crippen LogP contribution in [0.15, 0.2) is 27.6 Å². The van der Waals surface area contributed by atoms with Crippen LogP contribution in [0.5, 0.6) is 0 Å². The summed E-state index contributed by atoms with van der Waals surface area (Å²) in [5, 5.41) is 0. The van der Waals surface area contributed by atoms with Gasteiger partial charge in [0, 0.05) is 24.2 Å². The lowest BCUT2D eigenvalue weighted by Crippen LogP contribution is -2.26. The van der Waals surface area contributed by atoms with Gasteiger partial charge in [0.15, 0.2) is 0 Å². The van der Waals surface area contributed by atoms with Gasteiger partial charge in [-0.15, -0.1) is 0 Å². The van der Waals surface area contributed by atoms with Crippen molar-refractivity contribution in [1.29, 1.82) is 0 Å². The molecule has 0 bridgehead atoms. The van der Waals surface area contributed by atoms with Crippen LogP contribution < -0.4 is 4.72 Å². The van der Waals surface area contributed by atoms with Crippen molar-refractivity contribution in [2.45, 2.75) is 25.2 Å². The van der Waals surface area contributed by atoms with E-state index in [0.717, 1.165) is 12.1 Å². The van der Waals surface area contributed by atoms with Crippen LogP contribution in [0.25, 0.3) is 0 Å². The molecule has 0 heterocycles. The Kier molecular flexibility index (Phi) is 7.08. The van der Waals surface area contributed by atoms with Gasteiger partial charge in [-0.3, -0.25) is 0 Å². The van der Waals surface area contributed by atoms with Gasteiger partial charge in [-0.1, -0.05) is 13.8 Å². The van der Waals surface area contributed by atoms with Crippen LogP contribution in [0.2, 0.25) is 0 Å². The minimum Gasteiger partial charge on any atom is -0.381 e. The first kappa shape index (κ1) is 17.6. The van der Waals surface area contributed by atoms with Gasteiger partial charge in [-0.25, -0.2) is 17.5 Å². The summed E-state index contributed by atoms with van der Waals surface area (Å²) in [6, 6.07) is 3.47. The molecule has 0 aliphatic heterocycles. The Bertz CT molecular complexity index is 534. The maximum atomic E-state index is 12.9. The van der Waals surface area contributed by atoms with Gasteiger partial charge in [0.05, 0.1) is 4.90 Å². The third-order valence-corrected chi connectivity index (χ3v) is 4.83. The number of benzene rings is 1. The van der Waals surface area contributed by atoms with Crippen molar-refractivity contribution < 1.29 is 17.5 Å². The molecule has 0 saturated carbocycles. The summed E-state index contributed by atoms with van der Waals surface area (Å²) in [5.74, 6) is -0.0280. The predicted octanol–water partition coefficient (Wildman–Crippen LogP) is 2.93. The summed E-state index contributed by atoms with van der Waals surface area (Å²) in [6.07, 6.45) is 0.588. The third kappa shape index (κ3) is 5.87. The van der Waals surface area contributed by atoms with Gasteiger partial charge in [0.25, 0.3) is 0 Å². The highest BCUT2D eigenvalue weighted by atomic mass is 79.9. The standard InChI is InChI=1S/C13H19BrFNO3S/c1-10(2)9-19-7-3-6-16-20(17,18)13-5-4-11(15)8-12(13)14/h4-5,8,10,16H,3,6-7,9H2,1-2H3. The van der Waals surface area contributed by atoms with Crippen molar-refractivity contribution in [3.05, 3.63) is 28.5 Å². The Balaban J connectivity index is 2.46. The number of hydrogen-bond acceptors (Lipinski definition) is 3. The molecule has 0 unspecified atom stereocenters. The second-order valence-electron chi connectivity index (χ2n) is 4.79. The number of sulfonamides is 1. The van der Waals surface area contributed by atoms with E-state index in [4.69, 9.17) is 4.74 Å². The van der Waals surface area contributed by atoms with Gasteiger partial charge in [0.1, 0.15) is 5.82 Å². The highest BCUT2D eigenvalue weighted by molar-refractivity contribution is 9.10. The number of hydrogen-bond donors (Lipinski definition) is 1. The molecular weight excluding hydrogens is 349 g/mol. The summed E-state index contributed by atoms with van der Waals surface area (Å²) in [5.41, 5.74) is 0. The molecule has 0 atom stereocenters. The first-order valence-corrected chi connectivity index (χ1v) is 8.63. The first-order chi connectivity index (χ1) is 9.33. The molecule has 1 aromatic carbocycles. The quantitative estimate of drug-likeness (QED) is 0.718. The lowest BCUT2D eigenvalue weighted by molar-refractivity contribution is 0.108. The average Bonchev–Trinajstić information content (AvgIpc) is 2.32. The summed E-state index contributed by atoms with van der Waals surface area (Å²) >= 11 is 3.05. The van der Waals surface area contributed by atoms with E-state index in [1.807, 2.05) is 0 Å². The fourth-order valence-corrected chi connectivity index (χ4v) is 3.59. The van der Waals surface area contributed by atoms with Crippen molar-refractivity contribution >= 4 is 26.0 Å². The van der Waals surface area contributed by atoms with E-state index < -0.39 is 15.8 Å². The van der Waals surface area contributed by atoms with E-state index >= 15 is 0 Å². The summed E-state index contributed by atoms with van der Waals surface area (Å²) in [7, 11) is -3.63. The summed E-state index contributed by atoms with van der Waals surface area (Å²) in [6.45, 7) is 5.55. The molecule has 0 amide bonds. The van der Waals surface area contributed by atoms with Gasteiger partial charge >= 0.3 is 0 Å². The summed E-state index contributed by atoms with van der Waals surface area (Å²) in [4.78, 5) is 0.0296. The zero-order chi connectivity index (χ0) is 15.2. The molecule has 4 nitrogen and oxygen atoms in total. The monoisotopic (exact) mass is 367 g/mol. The van der Waals surface area contributed by atoms with Crippen LogP contribution in [0, 0.1) is 11.7 Å². The van der Waals surface area contributed by atoms with Crippen LogP contribution in [-0.2, 0) is 14.8 Å². The second kappa shape index (κ2) is 8.07. The zero-order valence-electron chi connectivity index (χ0n) is 11.5. The van der Waals surface area contributed by atoms with E-state index in [2.05, 4.69) is 34.5 Å². The van der Waals surface area contributed by atoms with E-state index in [1.54, 1.807) is 0 Å². The number of nitrogens with one attached hydrogen (secondary N) is 1. The van der Waals surface area contributed by atoms with Crippen molar-refractivity contribution in [3.63, 3.8) is 0 Å². The molecule has 7 heteroatoms. The van der Waals surface area contributed by atoms with Crippen molar-refractivity contribution in [3.8, 4) is 0 Å². The normalized spacial score (nSPS) is 12.1. The van der Waals surface area contributed by atoms with Gasteiger partial charge < -0.3 is 4.74 Å². The van der Waals surface area contributed by atoms with Crippen LogP contribution in [0.4, 0.5) is 4.39 Å². The van der Waals surface area contributed by atoms with Crippen molar-refractivity contribution in [2.24, 2.45) is 5.92 Å². The van der Waals surface area contributed by atoms with Gasteiger partial charge in [-0.2, -0.15) is 0 Å². The molecule has 0 fully saturated rings. The Morgan fingerprint density at radius 1 is 1.40 bits per heavy atom. The molecule has 0 aliphatic rings. The highest BCUT2D eigenvalue weighted by Crippen LogP contribution is 2.22. The minimum atomic E-state index is -3.63. The number of halogens is 2. The Morgan fingerprint density at radius 2 is 2.10 bits per heavy atom. The van der Waals surface area contributed by atoms with Crippen molar-refractivity contribution in [2.75, 3.05) is 19.8 Å². The lowest BCUT2D eigenvalue weighted by Gasteiger charge is -2.09. The minimum absolute atomic E-state index is 0.0296. The zero-order valence-corrected chi connectivity index (χ0v) is 13.9. The number of ether oxygens (including phenoxy) is 1. The van der Waals surface area contributed by atoms with Crippen LogP contribution in [-0.4, -0.2) is 28.2 Å². The molecule has 114 valence electrons. The maximum Gasteiger partial charge on any atom is 0.241 e. The molecule has 1 aromatic rings. The largest absolute Gasteiger partial charge is 0.381 e. The second-order valence-corrected chi connectivity index (χ2v) is 7.38.